The summed E-state index contributed by atoms with van der Waals surface area (Å²) in [4.78, 5) is 23.9. The van der Waals surface area contributed by atoms with E-state index < -0.39 is 0 Å². The van der Waals surface area contributed by atoms with E-state index in [1.807, 2.05) is 54.7 Å². The van der Waals surface area contributed by atoms with Crippen LogP contribution in [0.4, 0.5) is 11.5 Å². The maximum absolute atomic E-state index is 12.3. The van der Waals surface area contributed by atoms with E-state index >= 15 is 0 Å². The minimum absolute atomic E-state index is 0.0703. The van der Waals surface area contributed by atoms with Gasteiger partial charge in [0, 0.05) is 36.0 Å². The number of H-pyrrole nitrogens is 1. The first kappa shape index (κ1) is 16.8. The lowest BCUT2D eigenvalue weighted by Crippen LogP contribution is -2.14. The normalized spacial score (nSPS) is 10.7. The van der Waals surface area contributed by atoms with E-state index in [-0.39, 0.29) is 5.91 Å². The Balaban J connectivity index is 1.34. The maximum atomic E-state index is 12.3. The molecule has 4 rings (SSSR count). The second-order valence-electron chi connectivity index (χ2n) is 6.23. The molecule has 0 bridgehead atoms. The zero-order chi connectivity index (χ0) is 18.5. The molecule has 0 aliphatic heterocycles. The van der Waals surface area contributed by atoms with Crippen molar-refractivity contribution in [3.8, 4) is 0 Å². The van der Waals surface area contributed by atoms with E-state index in [9.17, 15) is 4.79 Å². The van der Waals surface area contributed by atoms with Crippen LogP contribution in [0.25, 0.3) is 10.9 Å². The van der Waals surface area contributed by atoms with Crippen LogP contribution in [0.1, 0.15) is 11.1 Å². The Bertz CT molecular complexity index is 1040. The molecule has 0 saturated heterocycles. The number of anilines is 2. The smallest absolute Gasteiger partial charge is 0.228 e. The van der Waals surface area contributed by atoms with Gasteiger partial charge in [0.15, 0.2) is 0 Å². The molecule has 1 aromatic carbocycles. The molecule has 0 unspecified atom stereocenters. The number of para-hydroxylation sites is 1. The predicted molar refractivity (Wildman–Crippen MR) is 106 cm³/mol. The zero-order valence-electron chi connectivity index (χ0n) is 14.6. The first-order chi connectivity index (χ1) is 13.3. The molecule has 0 saturated carbocycles. The Hall–Kier alpha value is -3.67. The Labute approximate surface area is 156 Å². The standard InChI is InChI=1S/C21H19N5O/c27-21(11-16-13-23-19-4-2-1-3-18(16)19)26-17-5-6-20(25-14-17)24-12-15-7-9-22-10-8-15/h1-10,13-14,23H,11-12H2,(H,24,25)(H,26,27). The molecular formula is C21H19N5O. The largest absolute Gasteiger partial charge is 0.366 e. The van der Waals surface area contributed by atoms with Crippen LogP contribution >= 0.6 is 0 Å². The molecule has 0 radical (unpaired) electrons. The predicted octanol–water partition coefficient (Wildman–Crippen LogP) is 3.75. The van der Waals surface area contributed by atoms with Gasteiger partial charge < -0.3 is 15.6 Å². The van der Waals surface area contributed by atoms with Crippen molar-refractivity contribution >= 4 is 28.3 Å². The van der Waals surface area contributed by atoms with Crippen LogP contribution < -0.4 is 10.6 Å². The zero-order valence-corrected chi connectivity index (χ0v) is 14.6. The van der Waals surface area contributed by atoms with Crippen LogP contribution in [-0.2, 0) is 17.8 Å². The Morgan fingerprint density at radius 1 is 1.04 bits per heavy atom. The molecule has 0 aliphatic rings. The molecule has 4 aromatic rings. The fraction of sp³-hybridized carbons (Fsp3) is 0.0952. The summed E-state index contributed by atoms with van der Waals surface area (Å²) in [6.07, 6.45) is 7.37. The Kier molecular flexibility index (Phi) is 4.78. The molecule has 27 heavy (non-hydrogen) atoms. The van der Waals surface area contributed by atoms with Gasteiger partial charge in [0.1, 0.15) is 5.82 Å². The average Bonchev–Trinajstić information content (AvgIpc) is 3.11. The number of nitrogens with zero attached hydrogens (tertiary/aromatic N) is 2. The number of carbonyl (C=O) groups excluding carboxylic acids is 1. The van der Waals surface area contributed by atoms with Crippen molar-refractivity contribution in [3.05, 3.63) is 84.4 Å². The van der Waals surface area contributed by atoms with Gasteiger partial charge in [-0.1, -0.05) is 18.2 Å². The molecule has 3 N–H and O–H groups in total. The van der Waals surface area contributed by atoms with E-state index in [0.29, 0.717) is 18.7 Å². The second-order valence-corrected chi connectivity index (χ2v) is 6.23. The molecule has 134 valence electrons. The molecule has 6 nitrogen and oxygen atoms in total. The first-order valence-electron chi connectivity index (χ1n) is 8.71. The summed E-state index contributed by atoms with van der Waals surface area (Å²) < 4.78 is 0. The molecular weight excluding hydrogens is 338 g/mol. The molecule has 3 aromatic heterocycles. The average molecular weight is 357 g/mol. The second kappa shape index (κ2) is 7.70. The maximum Gasteiger partial charge on any atom is 0.228 e. The number of hydrogen-bond donors (Lipinski definition) is 3. The van der Waals surface area contributed by atoms with Gasteiger partial charge in [0.25, 0.3) is 0 Å². The third-order valence-corrected chi connectivity index (χ3v) is 4.30. The van der Waals surface area contributed by atoms with E-state index in [0.717, 1.165) is 27.8 Å². The van der Waals surface area contributed by atoms with Crippen molar-refractivity contribution in [3.63, 3.8) is 0 Å². The summed E-state index contributed by atoms with van der Waals surface area (Å²) in [5.41, 5.74) is 3.82. The third-order valence-electron chi connectivity index (χ3n) is 4.30. The van der Waals surface area contributed by atoms with Crippen molar-refractivity contribution in [2.75, 3.05) is 10.6 Å². The number of aromatic nitrogens is 3. The van der Waals surface area contributed by atoms with Crippen molar-refractivity contribution in [2.24, 2.45) is 0 Å². The number of fused-ring (bicyclic) bond motifs is 1. The summed E-state index contributed by atoms with van der Waals surface area (Å²) in [7, 11) is 0. The van der Waals surface area contributed by atoms with Crippen LogP contribution in [-0.4, -0.2) is 20.9 Å². The van der Waals surface area contributed by atoms with Gasteiger partial charge >= 0.3 is 0 Å². The van der Waals surface area contributed by atoms with Gasteiger partial charge in [-0.15, -0.1) is 0 Å². The molecule has 0 fully saturated rings. The number of nitrogens with one attached hydrogen (secondary N) is 3. The van der Waals surface area contributed by atoms with E-state index in [2.05, 4.69) is 25.6 Å². The highest BCUT2D eigenvalue weighted by atomic mass is 16.1. The van der Waals surface area contributed by atoms with Gasteiger partial charge in [0.2, 0.25) is 5.91 Å². The highest BCUT2D eigenvalue weighted by Crippen LogP contribution is 2.19. The van der Waals surface area contributed by atoms with Crippen LogP contribution in [0.3, 0.4) is 0 Å². The number of amides is 1. The lowest BCUT2D eigenvalue weighted by molar-refractivity contribution is -0.115. The highest BCUT2D eigenvalue weighted by Gasteiger charge is 2.09. The highest BCUT2D eigenvalue weighted by molar-refractivity contribution is 5.95. The molecule has 0 atom stereocenters. The number of rotatable bonds is 6. The summed E-state index contributed by atoms with van der Waals surface area (Å²) in [5, 5.41) is 7.21. The van der Waals surface area contributed by atoms with Crippen LogP contribution in [0.5, 0.6) is 0 Å². The lowest BCUT2D eigenvalue weighted by atomic mass is 10.1. The van der Waals surface area contributed by atoms with E-state index in [1.54, 1.807) is 18.6 Å². The first-order valence-corrected chi connectivity index (χ1v) is 8.71. The summed E-state index contributed by atoms with van der Waals surface area (Å²) >= 11 is 0. The molecule has 0 spiro atoms. The van der Waals surface area contributed by atoms with E-state index in [1.165, 1.54) is 0 Å². The molecule has 0 aliphatic carbocycles. The van der Waals surface area contributed by atoms with Crippen molar-refractivity contribution < 1.29 is 4.79 Å². The Morgan fingerprint density at radius 3 is 2.70 bits per heavy atom. The van der Waals surface area contributed by atoms with E-state index in [4.69, 9.17) is 0 Å². The number of benzene rings is 1. The minimum atomic E-state index is -0.0703. The SMILES string of the molecule is O=C(Cc1c[nH]c2ccccc12)Nc1ccc(NCc2ccncc2)nc1. The molecule has 3 heterocycles. The fourth-order valence-electron chi connectivity index (χ4n) is 2.92. The van der Waals surface area contributed by atoms with Crippen molar-refractivity contribution in [2.45, 2.75) is 13.0 Å². The van der Waals surface area contributed by atoms with Crippen molar-refractivity contribution in [1.82, 2.24) is 15.0 Å². The lowest BCUT2D eigenvalue weighted by Gasteiger charge is -2.08. The van der Waals surface area contributed by atoms with Crippen molar-refractivity contribution in [1.29, 1.82) is 0 Å². The van der Waals surface area contributed by atoms with Crippen LogP contribution in [0.2, 0.25) is 0 Å². The summed E-state index contributed by atoms with van der Waals surface area (Å²) in [6, 6.07) is 15.5. The minimum Gasteiger partial charge on any atom is -0.366 e. The number of aromatic amines is 1. The number of carbonyl (C=O) groups is 1. The number of pyridine rings is 2. The summed E-state index contributed by atoms with van der Waals surface area (Å²) in [5.74, 6) is 0.681. The van der Waals surface area contributed by atoms with Gasteiger partial charge in [0.05, 0.1) is 18.3 Å². The monoisotopic (exact) mass is 357 g/mol. The van der Waals surface area contributed by atoms with Crippen LogP contribution in [0.15, 0.2) is 73.3 Å². The van der Waals surface area contributed by atoms with Crippen LogP contribution in [0, 0.1) is 0 Å². The third kappa shape index (κ3) is 4.12. The summed E-state index contributed by atoms with van der Waals surface area (Å²) in [6.45, 7) is 0.668. The topological polar surface area (TPSA) is 82.7 Å². The van der Waals surface area contributed by atoms with Gasteiger partial charge in [-0.05, 0) is 41.5 Å². The van der Waals surface area contributed by atoms with Gasteiger partial charge in [-0.25, -0.2) is 4.98 Å². The fourth-order valence-corrected chi connectivity index (χ4v) is 2.92. The molecule has 6 heteroatoms. The molecule has 1 amide bonds. The quantitative estimate of drug-likeness (QED) is 0.491. The Morgan fingerprint density at radius 2 is 1.89 bits per heavy atom. The number of hydrogen-bond acceptors (Lipinski definition) is 4. The van der Waals surface area contributed by atoms with Gasteiger partial charge in [-0.2, -0.15) is 0 Å². The van der Waals surface area contributed by atoms with Gasteiger partial charge in [-0.3, -0.25) is 9.78 Å².